The minimum Gasteiger partial charge on any atom is -0.412 e. The molecule has 0 unspecified atom stereocenters. The van der Waals surface area contributed by atoms with Gasteiger partial charge in [-0.25, -0.2) is 0 Å². The summed E-state index contributed by atoms with van der Waals surface area (Å²) in [5.41, 5.74) is 1.17. The van der Waals surface area contributed by atoms with E-state index < -0.39 is 8.32 Å². The molecular formula is C19H32O3Si. The highest BCUT2D eigenvalue weighted by Gasteiger charge is 2.39. The first kappa shape index (κ1) is 20.1. The second-order valence-electron chi connectivity index (χ2n) is 7.60. The van der Waals surface area contributed by atoms with Gasteiger partial charge in [-0.05, 0) is 36.5 Å². The minimum atomic E-state index is -1.83. The molecule has 0 heterocycles. The van der Waals surface area contributed by atoms with Crippen molar-refractivity contribution in [1.29, 1.82) is 0 Å². The van der Waals surface area contributed by atoms with Crippen LogP contribution in [0.1, 0.15) is 45.6 Å². The average molecular weight is 337 g/mol. The Hall–Kier alpha value is -0.973. The molecule has 0 saturated carbocycles. The van der Waals surface area contributed by atoms with Crippen molar-refractivity contribution in [3.05, 3.63) is 35.9 Å². The molecule has 0 spiro atoms. The van der Waals surface area contributed by atoms with Crippen molar-refractivity contribution in [3.63, 3.8) is 0 Å². The maximum atomic E-state index is 10.6. The molecule has 0 aliphatic carbocycles. The Morgan fingerprint density at radius 3 is 2.39 bits per heavy atom. The van der Waals surface area contributed by atoms with Crippen molar-refractivity contribution < 1.29 is 14.0 Å². The van der Waals surface area contributed by atoms with Crippen LogP contribution in [0, 0.1) is 0 Å². The average Bonchev–Trinajstić information content (AvgIpc) is 2.47. The lowest BCUT2D eigenvalue weighted by atomic mass is 10.2. The summed E-state index contributed by atoms with van der Waals surface area (Å²) in [6, 6.07) is 10.2. The number of benzene rings is 1. The third-order valence-corrected chi connectivity index (χ3v) is 9.07. The van der Waals surface area contributed by atoms with E-state index in [4.69, 9.17) is 9.16 Å². The zero-order valence-electron chi connectivity index (χ0n) is 15.3. The van der Waals surface area contributed by atoms with Crippen molar-refractivity contribution in [2.24, 2.45) is 0 Å². The molecule has 0 radical (unpaired) electrons. The van der Waals surface area contributed by atoms with Gasteiger partial charge in [0.2, 0.25) is 0 Å². The maximum Gasteiger partial charge on any atom is 0.192 e. The Balaban J connectivity index is 2.56. The van der Waals surface area contributed by atoms with Crippen LogP contribution in [0.3, 0.4) is 0 Å². The number of hydrogen-bond acceptors (Lipinski definition) is 3. The zero-order chi connectivity index (χ0) is 17.3. The molecule has 1 aromatic rings. The predicted octanol–water partition coefficient (Wildman–Crippen LogP) is 4.96. The fraction of sp³-hybridized carbons (Fsp3) is 0.632. The van der Waals surface area contributed by atoms with Gasteiger partial charge in [0.15, 0.2) is 8.32 Å². The molecule has 4 heteroatoms. The number of carbonyl (C=O) groups excluding carboxylic acids is 1. The number of ether oxygens (including phenoxy) is 1. The number of carbonyl (C=O) groups is 1. The van der Waals surface area contributed by atoms with E-state index in [1.54, 1.807) is 0 Å². The molecule has 0 saturated heterocycles. The van der Waals surface area contributed by atoms with Gasteiger partial charge in [-0.15, -0.1) is 0 Å². The molecule has 0 aromatic heterocycles. The summed E-state index contributed by atoms with van der Waals surface area (Å²) in [5.74, 6) is 0. The minimum absolute atomic E-state index is 0.0690. The van der Waals surface area contributed by atoms with Crippen LogP contribution in [-0.4, -0.2) is 27.3 Å². The Morgan fingerprint density at radius 1 is 1.17 bits per heavy atom. The largest absolute Gasteiger partial charge is 0.412 e. The molecule has 0 amide bonds. The summed E-state index contributed by atoms with van der Waals surface area (Å²) >= 11 is 0. The first-order valence-electron chi connectivity index (χ1n) is 8.49. The third kappa shape index (κ3) is 7.42. The molecule has 1 rings (SSSR count). The summed E-state index contributed by atoms with van der Waals surface area (Å²) in [7, 11) is -1.83. The van der Waals surface area contributed by atoms with Crippen LogP contribution < -0.4 is 0 Å². The van der Waals surface area contributed by atoms with Crippen LogP contribution in [-0.2, 0) is 20.6 Å². The van der Waals surface area contributed by atoms with Gasteiger partial charge < -0.3 is 14.0 Å². The van der Waals surface area contributed by atoms with Crippen molar-refractivity contribution in [2.45, 2.75) is 70.9 Å². The number of rotatable bonds is 10. The predicted molar refractivity (Wildman–Crippen MR) is 98.1 cm³/mol. The van der Waals surface area contributed by atoms with E-state index in [1.165, 1.54) is 5.56 Å². The third-order valence-electron chi connectivity index (χ3n) is 4.53. The Bertz CT molecular complexity index is 451. The van der Waals surface area contributed by atoms with E-state index in [1.807, 2.05) is 18.2 Å². The number of hydrogen-bond donors (Lipinski definition) is 0. The summed E-state index contributed by atoms with van der Waals surface area (Å²) in [4.78, 5) is 10.6. The first-order valence-corrected chi connectivity index (χ1v) is 11.4. The highest BCUT2D eigenvalue weighted by molar-refractivity contribution is 6.74. The summed E-state index contributed by atoms with van der Waals surface area (Å²) < 4.78 is 12.4. The van der Waals surface area contributed by atoms with Crippen molar-refractivity contribution in [2.75, 3.05) is 6.61 Å². The van der Waals surface area contributed by atoms with Gasteiger partial charge in [0.1, 0.15) is 6.29 Å². The van der Waals surface area contributed by atoms with E-state index in [0.29, 0.717) is 19.6 Å². The highest BCUT2D eigenvalue weighted by Crippen LogP contribution is 2.37. The Morgan fingerprint density at radius 2 is 1.83 bits per heavy atom. The molecule has 130 valence electrons. The monoisotopic (exact) mass is 336 g/mol. The number of unbranched alkanes of at least 4 members (excludes halogenated alkanes) is 1. The number of aldehydes is 1. The maximum absolute atomic E-state index is 10.6. The fourth-order valence-electron chi connectivity index (χ4n) is 2.08. The quantitative estimate of drug-likeness (QED) is 0.344. The molecule has 0 fully saturated rings. The Labute approximate surface area is 142 Å². The van der Waals surface area contributed by atoms with Crippen LogP contribution in [0.2, 0.25) is 18.1 Å². The molecule has 0 aliphatic rings. The van der Waals surface area contributed by atoms with Crippen LogP contribution in [0.4, 0.5) is 0 Å². The molecule has 3 nitrogen and oxygen atoms in total. The summed E-state index contributed by atoms with van der Waals surface area (Å²) in [6.45, 7) is 12.4. The molecule has 23 heavy (non-hydrogen) atoms. The molecule has 1 atom stereocenters. The SMILES string of the molecule is CC(C)(C)[Si](C)(C)O[C@H](CCCC=O)COCc1ccccc1. The van der Waals surface area contributed by atoms with Gasteiger partial charge in [-0.2, -0.15) is 0 Å². The van der Waals surface area contributed by atoms with E-state index in [-0.39, 0.29) is 11.1 Å². The van der Waals surface area contributed by atoms with Crippen LogP contribution >= 0.6 is 0 Å². The van der Waals surface area contributed by atoms with Gasteiger partial charge in [0, 0.05) is 6.42 Å². The van der Waals surface area contributed by atoms with Crippen LogP contribution in [0.5, 0.6) is 0 Å². The van der Waals surface area contributed by atoms with Crippen molar-refractivity contribution in [3.8, 4) is 0 Å². The fourth-order valence-corrected chi connectivity index (χ4v) is 3.45. The lowest BCUT2D eigenvalue weighted by Gasteiger charge is -2.39. The Kier molecular flexibility index (Phi) is 8.16. The summed E-state index contributed by atoms with van der Waals surface area (Å²) in [5, 5.41) is 0.176. The van der Waals surface area contributed by atoms with Gasteiger partial charge >= 0.3 is 0 Å². The van der Waals surface area contributed by atoms with Crippen LogP contribution in [0.25, 0.3) is 0 Å². The topological polar surface area (TPSA) is 35.5 Å². The highest BCUT2D eigenvalue weighted by atomic mass is 28.4. The lowest BCUT2D eigenvalue weighted by molar-refractivity contribution is -0.108. The first-order chi connectivity index (χ1) is 10.8. The normalized spacial score (nSPS) is 13.8. The van der Waals surface area contributed by atoms with Crippen molar-refractivity contribution >= 4 is 14.6 Å². The van der Waals surface area contributed by atoms with E-state index in [0.717, 1.165) is 19.1 Å². The second kappa shape index (κ2) is 9.35. The molecular weight excluding hydrogens is 304 g/mol. The molecule has 1 aromatic carbocycles. The molecule has 0 aliphatic heterocycles. The van der Waals surface area contributed by atoms with Gasteiger partial charge in [-0.1, -0.05) is 51.1 Å². The summed E-state index contributed by atoms with van der Waals surface area (Å²) in [6.07, 6.45) is 3.38. The van der Waals surface area contributed by atoms with E-state index in [9.17, 15) is 4.79 Å². The molecule has 0 bridgehead atoms. The van der Waals surface area contributed by atoms with E-state index in [2.05, 4.69) is 46.0 Å². The smallest absolute Gasteiger partial charge is 0.192 e. The zero-order valence-corrected chi connectivity index (χ0v) is 16.3. The second-order valence-corrected chi connectivity index (χ2v) is 12.4. The van der Waals surface area contributed by atoms with Gasteiger partial charge in [0.25, 0.3) is 0 Å². The van der Waals surface area contributed by atoms with E-state index >= 15 is 0 Å². The lowest BCUT2D eigenvalue weighted by Crippen LogP contribution is -2.45. The van der Waals surface area contributed by atoms with Gasteiger partial charge in [0.05, 0.1) is 19.3 Å². The standard InChI is InChI=1S/C19H32O3Si/c1-19(2,3)23(4,5)22-18(13-9-10-14-20)16-21-15-17-11-7-6-8-12-17/h6-8,11-12,14,18H,9-10,13,15-16H2,1-5H3/t18-/m1/s1. The van der Waals surface area contributed by atoms with Gasteiger partial charge in [-0.3, -0.25) is 0 Å². The molecule has 0 N–H and O–H groups in total. The van der Waals surface area contributed by atoms with Crippen molar-refractivity contribution in [1.82, 2.24) is 0 Å². The van der Waals surface area contributed by atoms with Crippen LogP contribution in [0.15, 0.2) is 30.3 Å².